The smallest absolute Gasteiger partial charge is 0.248 e. The number of aromatic nitrogens is 1. The van der Waals surface area contributed by atoms with Crippen molar-refractivity contribution in [3.05, 3.63) is 33.3 Å². The van der Waals surface area contributed by atoms with Gasteiger partial charge in [-0.05, 0) is 50.1 Å². The van der Waals surface area contributed by atoms with E-state index in [4.69, 9.17) is 4.52 Å². The van der Waals surface area contributed by atoms with Crippen molar-refractivity contribution in [1.29, 1.82) is 0 Å². The molecule has 174 valence electrons. The van der Waals surface area contributed by atoms with Gasteiger partial charge in [0.2, 0.25) is 21.8 Å². The number of rotatable bonds is 6. The molecule has 2 aromatic rings. The van der Waals surface area contributed by atoms with Gasteiger partial charge >= 0.3 is 0 Å². The van der Waals surface area contributed by atoms with E-state index < -0.39 is 15.9 Å². The standard InChI is InChI=1S/C21H28N4O5S2/c1-14-20(15(2)30-23-14)32(28,29)25-9-3-4-17(13-25)21(27)22-8-5-19(26)24-10-6-18-16(12-24)7-11-31-18/h7,11,17H,3-6,8-10,12-13H2,1-2H3,(H,22,27). The van der Waals surface area contributed by atoms with E-state index in [-0.39, 0.29) is 42.0 Å². The summed E-state index contributed by atoms with van der Waals surface area (Å²) >= 11 is 1.73. The lowest BCUT2D eigenvalue weighted by atomic mass is 9.99. The Morgan fingerprint density at radius 1 is 1.31 bits per heavy atom. The maximum absolute atomic E-state index is 13.0. The molecule has 0 aromatic carbocycles. The average Bonchev–Trinajstić information content (AvgIpc) is 3.39. The number of amides is 2. The second kappa shape index (κ2) is 9.32. The van der Waals surface area contributed by atoms with Gasteiger partial charge in [-0.15, -0.1) is 11.3 Å². The molecule has 0 spiro atoms. The third-order valence-corrected chi connectivity index (χ3v) is 9.25. The van der Waals surface area contributed by atoms with Gasteiger partial charge in [-0.2, -0.15) is 4.31 Å². The fraction of sp³-hybridized carbons (Fsp3) is 0.571. The molecule has 11 heteroatoms. The van der Waals surface area contributed by atoms with Crippen LogP contribution in [0.15, 0.2) is 20.9 Å². The second-order valence-corrected chi connectivity index (χ2v) is 11.2. The Morgan fingerprint density at radius 3 is 2.88 bits per heavy atom. The highest BCUT2D eigenvalue weighted by Crippen LogP contribution is 2.28. The molecule has 9 nitrogen and oxygen atoms in total. The lowest BCUT2D eigenvalue weighted by molar-refractivity contribution is -0.132. The number of sulfonamides is 1. The first kappa shape index (κ1) is 22.9. The summed E-state index contributed by atoms with van der Waals surface area (Å²) in [6.45, 7) is 5.21. The molecule has 1 fully saturated rings. The maximum atomic E-state index is 13.0. The van der Waals surface area contributed by atoms with Crippen molar-refractivity contribution in [3.8, 4) is 0 Å². The third-order valence-electron chi connectivity index (χ3n) is 6.12. The van der Waals surface area contributed by atoms with Crippen LogP contribution < -0.4 is 5.32 Å². The van der Waals surface area contributed by atoms with Crippen molar-refractivity contribution >= 4 is 33.2 Å². The number of hydrogen-bond donors (Lipinski definition) is 1. The van der Waals surface area contributed by atoms with Crippen molar-refractivity contribution < 1.29 is 22.5 Å². The summed E-state index contributed by atoms with van der Waals surface area (Å²) in [6, 6.07) is 2.06. The van der Waals surface area contributed by atoms with Crippen LogP contribution in [0.25, 0.3) is 0 Å². The van der Waals surface area contributed by atoms with Crippen LogP contribution in [0.4, 0.5) is 0 Å². The highest BCUT2D eigenvalue weighted by atomic mass is 32.2. The zero-order valence-electron chi connectivity index (χ0n) is 18.3. The van der Waals surface area contributed by atoms with E-state index >= 15 is 0 Å². The number of hydrogen-bond acceptors (Lipinski definition) is 7. The SMILES string of the molecule is Cc1noc(C)c1S(=O)(=O)N1CCCC(C(=O)NCCC(=O)N2CCc3sccc3C2)C1. The van der Waals surface area contributed by atoms with Crippen LogP contribution in [0.5, 0.6) is 0 Å². The third kappa shape index (κ3) is 4.60. The average molecular weight is 481 g/mol. The Hall–Kier alpha value is -2.24. The van der Waals surface area contributed by atoms with E-state index in [1.54, 1.807) is 25.2 Å². The normalized spacial score (nSPS) is 19.6. The number of nitrogens with zero attached hydrogens (tertiary/aromatic N) is 3. The number of fused-ring (bicyclic) bond motifs is 1. The lowest BCUT2D eigenvalue weighted by Gasteiger charge is -2.31. The molecule has 32 heavy (non-hydrogen) atoms. The Morgan fingerprint density at radius 2 is 2.12 bits per heavy atom. The number of thiophene rings is 1. The largest absolute Gasteiger partial charge is 0.360 e. The molecule has 1 N–H and O–H groups in total. The molecule has 0 aliphatic carbocycles. The molecule has 0 radical (unpaired) electrons. The van der Waals surface area contributed by atoms with Crippen LogP contribution in [-0.2, 0) is 32.6 Å². The van der Waals surface area contributed by atoms with Gasteiger partial charge in [0, 0.05) is 44.0 Å². The summed E-state index contributed by atoms with van der Waals surface area (Å²) in [6.07, 6.45) is 2.32. The van der Waals surface area contributed by atoms with Gasteiger partial charge < -0.3 is 14.7 Å². The van der Waals surface area contributed by atoms with E-state index in [2.05, 4.69) is 21.9 Å². The van der Waals surface area contributed by atoms with Crippen LogP contribution >= 0.6 is 11.3 Å². The number of aryl methyl sites for hydroxylation is 2. The molecular formula is C21H28N4O5S2. The summed E-state index contributed by atoms with van der Waals surface area (Å²) in [5.41, 5.74) is 1.53. The lowest BCUT2D eigenvalue weighted by Crippen LogP contribution is -2.46. The van der Waals surface area contributed by atoms with Crippen LogP contribution in [-0.4, -0.2) is 60.8 Å². The first-order valence-corrected chi connectivity index (χ1v) is 13.1. The first-order valence-electron chi connectivity index (χ1n) is 10.8. The van der Waals surface area contributed by atoms with Crippen molar-refractivity contribution in [2.24, 2.45) is 5.92 Å². The Balaban J connectivity index is 1.29. The van der Waals surface area contributed by atoms with Crippen LogP contribution in [0.3, 0.4) is 0 Å². The van der Waals surface area contributed by atoms with E-state index in [0.717, 1.165) is 6.42 Å². The van der Waals surface area contributed by atoms with Crippen molar-refractivity contribution in [2.45, 2.75) is 51.0 Å². The van der Waals surface area contributed by atoms with Crippen molar-refractivity contribution in [1.82, 2.24) is 19.7 Å². The van der Waals surface area contributed by atoms with E-state index in [0.29, 0.717) is 38.2 Å². The van der Waals surface area contributed by atoms with Crippen LogP contribution in [0.1, 0.15) is 41.2 Å². The molecule has 2 aliphatic heterocycles. The molecule has 0 saturated carbocycles. The van der Waals surface area contributed by atoms with Crippen LogP contribution in [0.2, 0.25) is 0 Å². The van der Waals surface area contributed by atoms with Gasteiger partial charge in [-0.1, -0.05) is 5.16 Å². The molecule has 2 aromatic heterocycles. The minimum absolute atomic E-state index is 0.0217. The van der Waals surface area contributed by atoms with Crippen molar-refractivity contribution in [2.75, 3.05) is 26.2 Å². The van der Waals surface area contributed by atoms with Crippen molar-refractivity contribution in [3.63, 3.8) is 0 Å². The minimum Gasteiger partial charge on any atom is -0.360 e. The number of carbonyl (C=O) groups excluding carboxylic acids is 2. The molecule has 1 unspecified atom stereocenters. The highest BCUT2D eigenvalue weighted by Gasteiger charge is 2.36. The predicted octanol–water partition coefficient (Wildman–Crippen LogP) is 1.84. The fourth-order valence-corrected chi connectivity index (χ4v) is 7.11. The molecule has 4 rings (SSSR count). The molecular weight excluding hydrogens is 452 g/mol. The molecule has 2 amide bonds. The summed E-state index contributed by atoms with van der Waals surface area (Å²) in [7, 11) is -3.78. The van der Waals surface area contributed by atoms with Gasteiger partial charge in [0.05, 0.1) is 5.92 Å². The topological polar surface area (TPSA) is 113 Å². The molecule has 2 aliphatic rings. The quantitative estimate of drug-likeness (QED) is 0.675. The maximum Gasteiger partial charge on any atom is 0.248 e. The summed E-state index contributed by atoms with van der Waals surface area (Å²) in [4.78, 5) is 28.5. The monoisotopic (exact) mass is 480 g/mol. The molecule has 0 bridgehead atoms. The van der Waals surface area contributed by atoms with Gasteiger partial charge in [0.1, 0.15) is 10.6 Å². The van der Waals surface area contributed by atoms with E-state index in [1.165, 1.54) is 14.7 Å². The van der Waals surface area contributed by atoms with Gasteiger partial charge in [0.25, 0.3) is 0 Å². The second-order valence-electron chi connectivity index (χ2n) is 8.33. The van der Waals surface area contributed by atoms with E-state index in [1.807, 2.05) is 4.90 Å². The van der Waals surface area contributed by atoms with Crippen LogP contribution in [0, 0.1) is 19.8 Å². The zero-order valence-corrected chi connectivity index (χ0v) is 19.9. The van der Waals surface area contributed by atoms with Gasteiger partial charge in [-0.25, -0.2) is 8.42 Å². The molecule has 1 atom stereocenters. The minimum atomic E-state index is -3.78. The van der Waals surface area contributed by atoms with Gasteiger partial charge in [-0.3, -0.25) is 9.59 Å². The Bertz CT molecular complexity index is 1090. The number of carbonyl (C=O) groups is 2. The molecule has 4 heterocycles. The fourth-order valence-electron chi connectivity index (χ4n) is 4.40. The zero-order chi connectivity index (χ0) is 22.9. The van der Waals surface area contributed by atoms with Gasteiger partial charge in [0.15, 0.2) is 5.76 Å². The first-order chi connectivity index (χ1) is 15.3. The Kier molecular flexibility index (Phi) is 6.68. The Labute approximate surface area is 191 Å². The predicted molar refractivity (Wildman–Crippen MR) is 119 cm³/mol. The summed E-state index contributed by atoms with van der Waals surface area (Å²) < 4.78 is 32.5. The number of nitrogens with one attached hydrogen (secondary N) is 1. The molecule has 1 saturated heterocycles. The summed E-state index contributed by atoms with van der Waals surface area (Å²) in [5, 5.41) is 8.62. The summed E-state index contributed by atoms with van der Waals surface area (Å²) in [5.74, 6) is -0.388. The highest BCUT2D eigenvalue weighted by molar-refractivity contribution is 7.89. The van der Waals surface area contributed by atoms with E-state index in [9.17, 15) is 18.0 Å². The number of piperidine rings is 1.